The smallest absolute Gasteiger partial charge is 0.275 e. The van der Waals surface area contributed by atoms with Crippen molar-refractivity contribution in [3.05, 3.63) is 30.1 Å². The van der Waals surface area contributed by atoms with E-state index in [1.807, 2.05) is 0 Å². The summed E-state index contributed by atoms with van der Waals surface area (Å²) in [4.78, 5) is 29.4. The number of imide groups is 1. The topological polar surface area (TPSA) is 71.4 Å². The number of hydrogen-bond donors (Lipinski definition) is 1. The molecule has 0 aliphatic carbocycles. The van der Waals surface area contributed by atoms with Crippen LogP contribution in [-0.4, -0.2) is 23.1 Å². The van der Waals surface area contributed by atoms with E-state index >= 15 is 0 Å². The van der Waals surface area contributed by atoms with Crippen molar-refractivity contribution in [2.45, 2.75) is 5.92 Å². The van der Waals surface area contributed by atoms with Gasteiger partial charge in [-0.25, -0.2) is 9.79 Å². The molecule has 1 unspecified atom stereocenters. The third kappa shape index (κ3) is 1.52. The Kier molecular flexibility index (Phi) is 2.06. The van der Waals surface area contributed by atoms with Crippen LogP contribution in [0.1, 0.15) is 11.5 Å². The van der Waals surface area contributed by atoms with Crippen LogP contribution in [0.3, 0.4) is 0 Å². The average molecular weight is 189 g/mol. The molecule has 0 fully saturated rings. The van der Waals surface area contributed by atoms with Gasteiger partial charge in [-0.1, -0.05) is 0 Å². The predicted octanol–water partition coefficient (Wildman–Crippen LogP) is 0.486. The van der Waals surface area contributed by atoms with Crippen molar-refractivity contribution in [1.29, 1.82) is 0 Å². The number of aromatic nitrogens is 1. The maximum Gasteiger partial charge on any atom is 0.347 e. The fourth-order valence-electron chi connectivity index (χ4n) is 1.23. The lowest BCUT2D eigenvalue weighted by atomic mass is 10.0. The van der Waals surface area contributed by atoms with Crippen molar-refractivity contribution in [3.63, 3.8) is 0 Å². The number of carbonyl (C=O) groups excluding carboxylic acids is 2. The third-order valence-electron chi connectivity index (χ3n) is 1.92. The van der Waals surface area contributed by atoms with Gasteiger partial charge in [0, 0.05) is 18.6 Å². The Labute approximate surface area is 79.9 Å². The Balaban J connectivity index is 2.32. The maximum atomic E-state index is 11.4. The van der Waals surface area contributed by atoms with Gasteiger partial charge in [-0.3, -0.25) is 15.1 Å². The van der Waals surface area contributed by atoms with Gasteiger partial charge in [0.05, 0.1) is 5.92 Å². The number of urea groups is 1. The van der Waals surface area contributed by atoms with E-state index in [0.717, 1.165) is 5.56 Å². The van der Waals surface area contributed by atoms with Gasteiger partial charge < -0.3 is 0 Å². The number of rotatable bonds is 1. The molecule has 2 heterocycles. The first-order valence-electron chi connectivity index (χ1n) is 4.06. The van der Waals surface area contributed by atoms with E-state index in [-0.39, 0.29) is 5.91 Å². The van der Waals surface area contributed by atoms with Crippen LogP contribution >= 0.6 is 0 Å². The summed E-state index contributed by atoms with van der Waals surface area (Å²) in [6, 6.07) is 2.82. The molecule has 3 amide bonds. The van der Waals surface area contributed by atoms with Gasteiger partial charge in [0.15, 0.2) is 0 Å². The normalized spacial score (nSPS) is 20.7. The van der Waals surface area contributed by atoms with Gasteiger partial charge in [-0.05, 0) is 17.7 Å². The molecule has 0 radical (unpaired) electrons. The average Bonchev–Trinajstić information content (AvgIpc) is 2.19. The number of nitrogens with one attached hydrogen (secondary N) is 1. The SMILES string of the molecule is O=C1N=CC(c2ccncc2)C(=O)N1. The van der Waals surface area contributed by atoms with Crippen LogP contribution in [0.25, 0.3) is 0 Å². The number of hydrogen-bond acceptors (Lipinski definition) is 3. The van der Waals surface area contributed by atoms with E-state index in [1.165, 1.54) is 6.21 Å². The fraction of sp³-hybridized carbons (Fsp3) is 0.111. The largest absolute Gasteiger partial charge is 0.347 e. The highest BCUT2D eigenvalue weighted by atomic mass is 16.2. The summed E-state index contributed by atoms with van der Waals surface area (Å²) in [7, 11) is 0. The van der Waals surface area contributed by atoms with Gasteiger partial charge in [0.2, 0.25) is 5.91 Å². The van der Waals surface area contributed by atoms with Crippen molar-refractivity contribution >= 4 is 18.2 Å². The second-order valence-corrected chi connectivity index (χ2v) is 2.83. The number of pyridine rings is 1. The molecule has 14 heavy (non-hydrogen) atoms. The molecular weight excluding hydrogens is 182 g/mol. The highest BCUT2D eigenvalue weighted by Crippen LogP contribution is 2.14. The molecule has 0 saturated heterocycles. The highest BCUT2D eigenvalue weighted by molar-refractivity contribution is 6.12. The summed E-state index contributed by atoms with van der Waals surface area (Å²) in [5, 5.41) is 2.13. The minimum absolute atomic E-state index is 0.351. The lowest BCUT2D eigenvalue weighted by molar-refractivity contribution is -0.120. The summed E-state index contributed by atoms with van der Waals surface area (Å²) in [5.41, 5.74) is 0.772. The van der Waals surface area contributed by atoms with Gasteiger partial charge in [-0.15, -0.1) is 0 Å². The third-order valence-corrected chi connectivity index (χ3v) is 1.92. The monoisotopic (exact) mass is 189 g/mol. The second kappa shape index (κ2) is 3.37. The van der Waals surface area contributed by atoms with Crippen molar-refractivity contribution in [2.75, 3.05) is 0 Å². The zero-order valence-corrected chi connectivity index (χ0v) is 7.18. The number of nitrogens with zero attached hydrogens (tertiary/aromatic N) is 2. The van der Waals surface area contributed by atoms with E-state index in [1.54, 1.807) is 24.5 Å². The molecule has 1 aromatic rings. The molecule has 1 aliphatic rings. The summed E-state index contributed by atoms with van der Waals surface area (Å²) < 4.78 is 0. The molecule has 2 rings (SSSR count). The van der Waals surface area contributed by atoms with Crippen LogP contribution in [0.4, 0.5) is 4.79 Å². The van der Waals surface area contributed by atoms with Gasteiger partial charge >= 0.3 is 6.03 Å². The van der Waals surface area contributed by atoms with Crippen molar-refractivity contribution in [2.24, 2.45) is 4.99 Å². The molecule has 1 aromatic heterocycles. The quantitative estimate of drug-likeness (QED) is 0.698. The molecule has 70 valence electrons. The summed E-state index contributed by atoms with van der Waals surface area (Å²) in [6.45, 7) is 0. The van der Waals surface area contributed by atoms with Crippen LogP contribution in [0.2, 0.25) is 0 Å². The van der Waals surface area contributed by atoms with Crippen LogP contribution in [0, 0.1) is 0 Å². The van der Waals surface area contributed by atoms with Crippen LogP contribution < -0.4 is 5.32 Å². The van der Waals surface area contributed by atoms with Crippen LogP contribution in [0.5, 0.6) is 0 Å². The first-order valence-corrected chi connectivity index (χ1v) is 4.06. The Morgan fingerprint density at radius 2 is 1.93 bits per heavy atom. The van der Waals surface area contributed by atoms with Crippen molar-refractivity contribution < 1.29 is 9.59 Å². The van der Waals surface area contributed by atoms with E-state index < -0.39 is 11.9 Å². The van der Waals surface area contributed by atoms with E-state index in [2.05, 4.69) is 15.3 Å². The van der Waals surface area contributed by atoms with E-state index in [0.29, 0.717) is 0 Å². The number of aliphatic imine (C=N–C) groups is 1. The molecule has 0 saturated carbocycles. The molecule has 0 aromatic carbocycles. The molecule has 5 nitrogen and oxygen atoms in total. The van der Waals surface area contributed by atoms with E-state index in [4.69, 9.17) is 0 Å². The Hall–Kier alpha value is -2.04. The van der Waals surface area contributed by atoms with Gasteiger partial charge in [-0.2, -0.15) is 0 Å². The minimum atomic E-state index is -0.611. The van der Waals surface area contributed by atoms with Crippen LogP contribution in [0.15, 0.2) is 29.5 Å². The predicted molar refractivity (Wildman–Crippen MR) is 49.0 cm³/mol. The van der Waals surface area contributed by atoms with Crippen LogP contribution in [-0.2, 0) is 4.79 Å². The zero-order chi connectivity index (χ0) is 9.97. The van der Waals surface area contributed by atoms with Gasteiger partial charge in [0.1, 0.15) is 0 Å². The number of amides is 3. The molecule has 5 heteroatoms. The first-order chi connectivity index (χ1) is 6.77. The summed E-state index contributed by atoms with van der Waals surface area (Å²) in [5.74, 6) is -0.841. The lowest BCUT2D eigenvalue weighted by Gasteiger charge is -2.14. The fourth-order valence-corrected chi connectivity index (χ4v) is 1.23. The van der Waals surface area contributed by atoms with Crippen molar-refractivity contribution in [1.82, 2.24) is 10.3 Å². The molecule has 1 N–H and O–H groups in total. The van der Waals surface area contributed by atoms with E-state index in [9.17, 15) is 9.59 Å². The molecule has 0 bridgehead atoms. The summed E-state index contributed by atoms with van der Waals surface area (Å²) in [6.07, 6.45) is 4.52. The Bertz CT molecular complexity index is 400. The Morgan fingerprint density at radius 1 is 1.21 bits per heavy atom. The molecule has 0 spiro atoms. The standard InChI is InChI=1S/C9H7N3O2/c13-8-7(5-11-9(14)12-8)6-1-3-10-4-2-6/h1-5,7H,(H,12,13,14). The van der Waals surface area contributed by atoms with Gasteiger partial charge in [0.25, 0.3) is 0 Å². The zero-order valence-electron chi connectivity index (χ0n) is 7.18. The summed E-state index contributed by atoms with van der Waals surface area (Å²) >= 11 is 0. The highest BCUT2D eigenvalue weighted by Gasteiger charge is 2.24. The molecular formula is C9H7N3O2. The Morgan fingerprint density at radius 3 is 2.57 bits per heavy atom. The second-order valence-electron chi connectivity index (χ2n) is 2.83. The number of carbonyl (C=O) groups is 2. The molecule has 1 aliphatic heterocycles. The maximum absolute atomic E-state index is 11.4. The first kappa shape index (κ1) is 8.55. The minimum Gasteiger partial charge on any atom is -0.275 e. The molecule has 1 atom stereocenters. The van der Waals surface area contributed by atoms with Crippen molar-refractivity contribution in [3.8, 4) is 0 Å². The lowest BCUT2D eigenvalue weighted by Crippen LogP contribution is -2.37.